The quantitative estimate of drug-likeness (QED) is 0.150. The van der Waals surface area contributed by atoms with Crippen molar-refractivity contribution in [2.75, 3.05) is 12.3 Å². The summed E-state index contributed by atoms with van der Waals surface area (Å²) >= 11 is 0. The first-order chi connectivity index (χ1) is 22.3. The molecule has 0 radical (unpaired) electrons. The molecule has 2 aromatic carbocycles. The van der Waals surface area contributed by atoms with Gasteiger partial charge in [0.1, 0.15) is 23.7 Å². The summed E-state index contributed by atoms with van der Waals surface area (Å²) in [5.74, 6) is -4.27. The highest BCUT2D eigenvalue weighted by molar-refractivity contribution is 7.92. The number of carbonyl (C=O) groups is 3. The number of amides is 3. The molecule has 0 aromatic heterocycles. The maximum atomic E-state index is 14.1. The molecule has 3 amide bonds. The lowest BCUT2D eigenvalue weighted by Gasteiger charge is -2.28. The van der Waals surface area contributed by atoms with Crippen molar-refractivity contribution in [2.45, 2.75) is 108 Å². The number of aliphatic hydroxyl groups is 1. The minimum Gasteiger partial charge on any atom is -0.390 e. The zero-order chi connectivity index (χ0) is 34.6. The topological polar surface area (TPSA) is 154 Å². The lowest BCUT2D eigenvalue weighted by Crippen LogP contribution is -2.58. The molecule has 1 unspecified atom stereocenters. The number of halogens is 3. The van der Waals surface area contributed by atoms with Crippen molar-refractivity contribution >= 4 is 40.0 Å². The molecule has 1 fully saturated rings. The Morgan fingerprint density at radius 3 is 2.21 bits per heavy atom. The third-order valence-corrected chi connectivity index (χ3v) is 10.6. The van der Waals surface area contributed by atoms with Crippen molar-refractivity contribution < 1.29 is 36.7 Å². The first kappa shape index (κ1) is 41.0. The fourth-order valence-electron chi connectivity index (χ4n) is 5.80. The largest absolute Gasteiger partial charge is 0.390 e. The van der Waals surface area contributed by atoms with Gasteiger partial charge in [-0.25, -0.2) is 17.2 Å². The summed E-state index contributed by atoms with van der Waals surface area (Å²) in [5.41, 5.74) is 2.28. The van der Waals surface area contributed by atoms with Gasteiger partial charge in [0.2, 0.25) is 17.7 Å². The van der Waals surface area contributed by atoms with E-state index >= 15 is 0 Å². The number of aliphatic hydroxyl groups excluding tert-OH is 1. The second kappa shape index (κ2) is 19.8. The third kappa shape index (κ3) is 12.7. The number of hydrogen-bond acceptors (Lipinski definition) is 7. The molecule has 3 rings (SSSR count). The van der Waals surface area contributed by atoms with Crippen LogP contribution in [0.15, 0.2) is 42.5 Å². The predicted octanol–water partition coefficient (Wildman–Crippen LogP) is 3.27. The standard InChI is InChI=1S/C34H48F2N4O6S.ClH/c1-4-8-27(9-5-2)47(45,46)21-30(40-33(43)28-12-13-32(42)38-28)34(44)39-29(17-24-15-25(35)18-26(36)16-24)31(41)20-37-19-23-11-7-10-22(6-3)14-23;/h7,10-11,14-16,18,27-31,37,41H,4-6,8-9,12-13,17,19-21H2,1-3H3,(H,38,42)(H,39,44)(H,40,43);1H/t28-,29+,30?,31-;/m1./s1. The molecule has 1 heterocycles. The monoisotopic (exact) mass is 714 g/mol. The number of benzene rings is 2. The van der Waals surface area contributed by atoms with Crippen molar-refractivity contribution in [3.63, 3.8) is 0 Å². The molecule has 1 aliphatic rings. The van der Waals surface area contributed by atoms with Gasteiger partial charge in [0.05, 0.1) is 23.1 Å². The van der Waals surface area contributed by atoms with E-state index in [0.717, 1.165) is 29.7 Å². The van der Waals surface area contributed by atoms with E-state index in [1.54, 1.807) is 0 Å². The highest BCUT2D eigenvalue weighted by atomic mass is 35.5. The Balaban J connectivity index is 0.00000800. The first-order valence-electron chi connectivity index (χ1n) is 16.4. The molecule has 0 spiro atoms. The summed E-state index contributed by atoms with van der Waals surface area (Å²) in [6.07, 6.45) is 1.70. The van der Waals surface area contributed by atoms with E-state index in [9.17, 15) is 36.7 Å². The first-order valence-corrected chi connectivity index (χ1v) is 18.1. The number of hydrogen-bond donors (Lipinski definition) is 5. The molecule has 14 heteroatoms. The zero-order valence-corrected chi connectivity index (χ0v) is 29.4. The zero-order valence-electron chi connectivity index (χ0n) is 27.8. The van der Waals surface area contributed by atoms with E-state index in [-0.39, 0.29) is 49.7 Å². The average molecular weight is 715 g/mol. The van der Waals surface area contributed by atoms with E-state index in [1.165, 1.54) is 0 Å². The lowest BCUT2D eigenvalue weighted by atomic mass is 10.00. The second-order valence-electron chi connectivity index (χ2n) is 12.2. The molecule has 0 bridgehead atoms. The SMILES string of the molecule is CCCC(CCC)S(=O)(=O)CC(NC(=O)[C@H]1CCC(=O)N1)C(=O)N[C@@H](Cc1cc(F)cc(F)c1)[C@H](O)CNCc1cccc(CC)c1.Cl. The highest BCUT2D eigenvalue weighted by Gasteiger charge is 2.36. The van der Waals surface area contributed by atoms with Crippen LogP contribution in [-0.2, 0) is 43.6 Å². The molecule has 4 atom stereocenters. The van der Waals surface area contributed by atoms with Crippen LogP contribution in [0.5, 0.6) is 0 Å². The Bertz CT molecular complexity index is 1460. The number of rotatable bonds is 19. The van der Waals surface area contributed by atoms with E-state index in [2.05, 4.69) is 21.3 Å². The van der Waals surface area contributed by atoms with Crippen molar-refractivity contribution in [3.8, 4) is 0 Å². The summed E-state index contributed by atoms with van der Waals surface area (Å²) < 4.78 is 55.3. The summed E-state index contributed by atoms with van der Waals surface area (Å²) in [5, 5.41) is 21.4. The van der Waals surface area contributed by atoms with Crippen LogP contribution < -0.4 is 21.3 Å². The normalized spacial score (nSPS) is 16.5. The fourth-order valence-corrected chi connectivity index (χ4v) is 7.96. The molecule has 0 saturated carbocycles. The van der Waals surface area contributed by atoms with Gasteiger partial charge in [0, 0.05) is 25.6 Å². The average Bonchev–Trinajstić information content (AvgIpc) is 3.46. The van der Waals surface area contributed by atoms with Crippen molar-refractivity contribution in [3.05, 3.63) is 70.8 Å². The summed E-state index contributed by atoms with van der Waals surface area (Å²) in [6, 6.07) is 7.19. The molecule has 48 heavy (non-hydrogen) atoms. The van der Waals surface area contributed by atoms with E-state index < -0.39 is 68.5 Å². The van der Waals surface area contributed by atoms with Crippen LogP contribution in [0.2, 0.25) is 0 Å². The van der Waals surface area contributed by atoms with Crippen LogP contribution in [-0.4, -0.2) is 73.0 Å². The molecular formula is C34H49ClF2N4O6S. The number of aryl methyl sites for hydroxylation is 1. The van der Waals surface area contributed by atoms with Crippen LogP contribution in [0.25, 0.3) is 0 Å². The van der Waals surface area contributed by atoms with Crippen LogP contribution in [0, 0.1) is 11.6 Å². The van der Waals surface area contributed by atoms with Crippen LogP contribution >= 0.6 is 12.4 Å². The molecule has 1 aliphatic heterocycles. The fraction of sp³-hybridized carbons (Fsp3) is 0.559. The summed E-state index contributed by atoms with van der Waals surface area (Å²) in [7, 11) is -3.88. The molecule has 10 nitrogen and oxygen atoms in total. The van der Waals surface area contributed by atoms with Gasteiger partial charge in [0.25, 0.3) is 0 Å². The summed E-state index contributed by atoms with van der Waals surface area (Å²) in [6.45, 7) is 6.15. The van der Waals surface area contributed by atoms with E-state index in [0.29, 0.717) is 38.3 Å². The van der Waals surface area contributed by atoms with E-state index in [4.69, 9.17) is 0 Å². The Morgan fingerprint density at radius 2 is 1.62 bits per heavy atom. The van der Waals surface area contributed by atoms with Crippen LogP contribution in [0.1, 0.15) is 76.0 Å². The van der Waals surface area contributed by atoms with Crippen molar-refractivity contribution in [1.29, 1.82) is 0 Å². The molecule has 2 aromatic rings. The predicted molar refractivity (Wildman–Crippen MR) is 183 cm³/mol. The second-order valence-corrected chi connectivity index (χ2v) is 14.5. The maximum Gasteiger partial charge on any atom is 0.243 e. The van der Waals surface area contributed by atoms with Crippen molar-refractivity contribution in [2.24, 2.45) is 0 Å². The smallest absolute Gasteiger partial charge is 0.243 e. The molecule has 5 N–H and O–H groups in total. The Hall–Kier alpha value is -3.13. The number of sulfone groups is 1. The molecule has 268 valence electrons. The minimum absolute atomic E-state index is 0. The number of carbonyl (C=O) groups excluding carboxylic acids is 3. The maximum absolute atomic E-state index is 14.1. The van der Waals surface area contributed by atoms with E-state index in [1.807, 2.05) is 45.0 Å². The third-order valence-electron chi connectivity index (χ3n) is 8.33. The summed E-state index contributed by atoms with van der Waals surface area (Å²) in [4.78, 5) is 38.6. The molecule has 0 aliphatic carbocycles. The van der Waals surface area contributed by atoms with Gasteiger partial charge in [-0.1, -0.05) is 57.9 Å². The number of nitrogens with one attached hydrogen (secondary N) is 4. The van der Waals surface area contributed by atoms with Gasteiger partial charge >= 0.3 is 0 Å². The van der Waals surface area contributed by atoms with Crippen LogP contribution in [0.4, 0.5) is 8.78 Å². The van der Waals surface area contributed by atoms with Crippen molar-refractivity contribution in [1.82, 2.24) is 21.3 Å². The molecule has 1 saturated heterocycles. The minimum atomic E-state index is -3.88. The van der Waals surface area contributed by atoms with Gasteiger partial charge < -0.3 is 26.4 Å². The van der Waals surface area contributed by atoms with Gasteiger partial charge in [-0.3, -0.25) is 14.4 Å². The Labute approximate surface area is 288 Å². The molecular weight excluding hydrogens is 666 g/mol. The highest BCUT2D eigenvalue weighted by Crippen LogP contribution is 2.18. The van der Waals surface area contributed by atoms with Gasteiger partial charge in [-0.05, 0) is 60.9 Å². The Morgan fingerprint density at radius 1 is 0.979 bits per heavy atom. The van der Waals surface area contributed by atoms with Crippen LogP contribution in [0.3, 0.4) is 0 Å². The van der Waals surface area contributed by atoms with Gasteiger partial charge in [-0.2, -0.15) is 0 Å². The van der Waals surface area contributed by atoms with Gasteiger partial charge in [0.15, 0.2) is 9.84 Å². The lowest BCUT2D eigenvalue weighted by molar-refractivity contribution is -0.130. The Kier molecular flexibility index (Phi) is 16.9. The van der Waals surface area contributed by atoms with Gasteiger partial charge in [-0.15, -0.1) is 12.4 Å².